The lowest BCUT2D eigenvalue weighted by atomic mass is 10.1. The largest absolute Gasteiger partial charge is 0.354 e. The summed E-state index contributed by atoms with van der Waals surface area (Å²) in [6.45, 7) is 4.56. The maximum Gasteiger partial charge on any atom is 0.315 e. The Morgan fingerprint density at radius 3 is 2.42 bits per heavy atom. The van der Waals surface area contributed by atoms with Crippen molar-refractivity contribution in [1.29, 1.82) is 0 Å². The van der Waals surface area contributed by atoms with Gasteiger partial charge in [-0.05, 0) is 37.5 Å². The zero-order chi connectivity index (χ0) is 17.9. The van der Waals surface area contributed by atoms with E-state index >= 15 is 0 Å². The van der Waals surface area contributed by atoms with Gasteiger partial charge in [-0.3, -0.25) is 4.79 Å². The molecular formula is C17H27FN4O2. The monoisotopic (exact) mass is 338 g/mol. The van der Waals surface area contributed by atoms with Gasteiger partial charge in [0, 0.05) is 19.1 Å². The van der Waals surface area contributed by atoms with E-state index in [1.54, 1.807) is 12.1 Å². The zero-order valence-electron chi connectivity index (χ0n) is 14.3. The smallest absolute Gasteiger partial charge is 0.315 e. The number of carbonyl (C=O) groups is 2. The quantitative estimate of drug-likeness (QED) is 0.551. The van der Waals surface area contributed by atoms with Crippen LogP contribution >= 0.6 is 0 Å². The highest BCUT2D eigenvalue weighted by atomic mass is 19.1. The minimum atomic E-state index is -0.587. The van der Waals surface area contributed by atoms with Crippen molar-refractivity contribution >= 4 is 11.9 Å². The van der Waals surface area contributed by atoms with Crippen LogP contribution < -0.4 is 21.7 Å². The van der Waals surface area contributed by atoms with Crippen LogP contribution in [0.4, 0.5) is 9.18 Å². The van der Waals surface area contributed by atoms with Gasteiger partial charge in [-0.25, -0.2) is 9.18 Å². The number of carbonyl (C=O) groups excluding carboxylic acids is 2. The molecule has 1 aromatic rings. The first-order chi connectivity index (χ1) is 11.4. The average Bonchev–Trinajstić information content (AvgIpc) is 2.53. The minimum absolute atomic E-state index is 0.0156. The van der Waals surface area contributed by atoms with E-state index in [-0.39, 0.29) is 24.3 Å². The molecule has 0 aromatic heterocycles. The van der Waals surface area contributed by atoms with Crippen LogP contribution in [0.25, 0.3) is 0 Å². The third-order valence-corrected chi connectivity index (χ3v) is 3.46. The summed E-state index contributed by atoms with van der Waals surface area (Å²) < 4.78 is 12.8. The number of hydrogen-bond donors (Lipinski definition) is 4. The lowest BCUT2D eigenvalue weighted by Gasteiger charge is -2.18. The second-order valence-electron chi connectivity index (χ2n) is 5.85. The van der Waals surface area contributed by atoms with Gasteiger partial charge in [0.05, 0.1) is 0 Å². The van der Waals surface area contributed by atoms with Crippen molar-refractivity contribution in [3.63, 3.8) is 0 Å². The van der Waals surface area contributed by atoms with Crippen molar-refractivity contribution in [1.82, 2.24) is 16.0 Å². The maximum atomic E-state index is 12.8. The van der Waals surface area contributed by atoms with Crippen LogP contribution in [0.5, 0.6) is 0 Å². The molecule has 3 amide bonds. The van der Waals surface area contributed by atoms with Crippen LogP contribution in [0.15, 0.2) is 24.3 Å². The Kier molecular flexibility index (Phi) is 8.78. The van der Waals surface area contributed by atoms with Crippen LogP contribution in [0.3, 0.4) is 0 Å². The molecule has 134 valence electrons. The van der Waals surface area contributed by atoms with Crippen molar-refractivity contribution in [3.05, 3.63) is 35.6 Å². The molecule has 2 unspecified atom stereocenters. The summed E-state index contributed by atoms with van der Waals surface area (Å²) in [6, 6.07) is 4.86. The first kappa shape index (κ1) is 19.9. The van der Waals surface area contributed by atoms with E-state index in [2.05, 4.69) is 16.0 Å². The molecule has 6 nitrogen and oxygen atoms in total. The van der Waals surface area contributed by atoms with Gasteiger partial charge < -0.3 is 21.7 Å². The lowest BCUT2D eigenvalue weighted by Crippen LogP contribution is -2.50. The fourth-order valence-electron chi connectivity index (χ4n) is 2.10. The van der Waals surface area contributed by atoms with E-state index in [9.17, 15) is 14.0 Å². The Balaban J connectivity index is 2.43. The number of nitrogens with two attached hydrogens (primary N) is 1. The standard InChI is InChI=1S/C17H27FN4O2/c1-3-4-15(16(23)20-10-9-12(2)19)22-17(24)21-11-13-5-7-14(18)8-6-13/h5-8,12,15H,3-4,9-11,19H2,1-2H3,(H,20,23)(H2,21,22,24). The van der Waals surface area contributed by atoms with E-state index in [1.807, 2.05) is 13.8 Å². The van der Waals surface area contributed by atoms with E-state index in [1.165, 1.54) is 12.1 Å². The molecule has 0 bridgehead atoms. The van der Waals surface area contributed by atoms with E-state index in [0.717, 1.165) is 12.0 Å². The Morgan fingerprint density at radius 2 is 1.83 bits per heavy atom. The summed E-state index contributed by atoms with van der Waals surface area (Å²) in [5.41, 5.74) is 6.42. The fraction of sp³-hybridized carbons (Fsp3) is 0.529. The minimum Gasteiger partial charge on any atom is -0.354 e. The van der Waals surface area contributed by atoms with E-state index in [4.69, 9.17) is 5.73 Å². The third-order valence-electron chi connectivity index (χ3n) is 3.46. The summed E-state index contributed by atoms with van der Waals surface area (Å²) in [6.07, 6.45) is 2.00. The second-order valence-corrected chi connectivity index (χ2v) is 5.85. The lowest BCUT2D eigenvalue weighted by molar-refractivity contribution is -0.123. The molecule has 0 aliphatic carbocycles. The normalized spacial score (nSPS) is 13.0. The fourth-order valence-corrected chi connectivity index (χ4v) is 2.10. The number of benzene rings is 1. The SMILES string of the molecule is CCCC(NC(=O)NCc1ccc(F)cc1)C(=O)NCCC(C)N. The number of urea groups is 1. The molecule has 0 saturated carbocycles. The highest BCUT2D eigenvalue weighted by Gasteiger charge is 2.19. The number of amides is 3. The Hall–Kier alpha value is -2.15. The molecule has 24 heavy (non-hydrogen) atoms. The van der Waals surface area contributed by atoms with Gasteiger partial charge in [0.2, 0.25) is 5.91 Å². The van der Waals surface area contributed by atoms with Crippen LogP contribution in [-0.4, -0.2) is 30.6 Å². The second kappa shape index (κ2) is 10.6. The van der Waals surface area contributed by atoms with Crippen LogP contribution in [-0.2, 0) is 11.3 Å². The van der Waals surface area contributed by atoms with Gasteiger partial charge >= 0.3 is 6.03 Å². The van der Waals surface area contributed by atoms with Crippen LogP contribution in [0.2, 0.25) is 0 Å². The molecule has 0 aliphatic rings. The van der Waals surface area contributed by atoms with Gasteiger partial charge in [0.15, 0.2) is 0 Å². The molecule has 0 spiro atoms. The molecule has 5 N–H and O–H groups in total. The molecule has 0 saturated heterocycles. The molecular weight excluding hydrogens is 311 g/mol. The average molecular weight is 338 g/mol. The van der Waals surface area contributed by atoms with Gasteiger partial charge in [0.1, 0.15) is 11.9 Å². The highest BCUT2D eigenvalue weighted by Crippen LogP contribution is 2.02. The predicted octanol–water partition coefficient (Wildman–Crippen LogP) is 1.65. The molecule has 0 fully saturated rings. The Labute approximate surface area is 142 Å². The predicted molar refractivity (Wildman–Crippen MR) is 91.7 cm³/mol. The maximum absolute atomic E-state index is 12.8. The van der Waals surface area contributed by atoms with E-state index in [0.29, 0.717) is 19.4 Å². The number of halogens is 1. The molecule has 1 aromatic carbocycles. The first-order valence-electron chi connectivity index (χ1n) is 8.24. The Bertz CT molecular complexity index is 520. The van der Waals surface area contributed by atoms with Gasteiger partial charge in [-0.1, -0.05) is 25.5 Å². The number of rotatable bonds is 9. The van der Waals surface area contributed by atoms with Crippen molar-refractivity contribution in [2.75, 3.05) is 6.54 Å². The summed E-state index contributed by atoms with van der Waals surface area (Å²) in [7, 11) is 0. The van der Waals surface area contributed by atoms with E-state index < -0.39 is 12.1 Å². The molecule has 2 atom stereocenters. The Morgan fingerprint density at radius 1 is 1.17 bits per heavy atom. The zero-order valence-corrected chi connectivity index (χ0v) is 14.3. The molecule has 0 heterocycles. The molecule has 1 rings (SSSR count). The summed E-state index contributed by atoms with van der Waals surface area (Å²) in [5, 5.41) is 8.12. The van der Waals surface area contributed by atoms with Crippen molar-refractivity contribution in [2.45, 2.75) is 51.7 Å². The van der Waals surface area contributed by atoms with Gasteiger partial charge in [0.25, 0.3) is 0 Å². The summed E-state index contributed by atoms with van der Waals surface area (Å²) in [4.78, 5) is 24.1. The first-order valence-corrected chi connectivity index (χ1v) is 8.24. The van der Waals surface area contributed by atoms with Crippen molar-refractivity contribution in [2.24, 2.45) is 5.73 Å². The third kappa shape index (κ3) is 7.92. The molecule has 7 heteroatoms. The van der Waals surface area contributed by atoms with Crippen LogP contribution in [0.1, 0.15) is 38.7 Å². The number of hydrogen-bond acceptors (Lipinski definition) is 3. The summed E-state index contributed by atoms with van der Waals surface area (Å²) >= 11 is 0. The highest BCUT2D eigenvalue weighted by molar-refractivity contribution is 5.86. The van der Waals surface area contributed by atoms with Crippen LogP contribution in [0, 0.1) is 5.82 Å². The van der Waals surface area contributed by atoms with Crippen molar-refractivity contribution in [3.8, 4) is 0 Å². The summed E-state index contributed by atoms with van der Waals surface area (Å²) in [5.74, 6) is -0.538. The topological polar surface area (TPSA) is 96.2 Å². The number of nitrogens with one attached hydrogen (secondary N) is 3. The van der Waals surface area contributed by atoms with Crippen molar-refractivity contribution < 1.29 is 14.0 Å². The molecule has 0 aliphatic heterocycles. The van der Waals surface area contributed by atoms with Gasteiger partial charge in [-0.15, -0.1) is 0 Å². The van der Waals surface area contributed by atoms with Gasteiger partial charge in [-0.2, -0.15) is 0 Å². The molecule has 0 radical (unpaired) electrons.